The fourth-order valence-corrected chi connectivity index (χ4v) is 3.58. The van der Waals surface area contributed by atoms with Crippen molar-refractivity contribution in [2.24, 2.45) is 0 Å². The summed E-state index contributed by atoms with van der Waals surface area (Å²) in [6.07, 6.45) is 5.01. The number of hydrogen-bond acceptors (Lipinski definition) is 5. The maximum atomic E-state index is 6.00. The van der Waals surface area contributed by atoms with Gasteiger partial charge >= 0.3 is 0 Å². The van der Waals surface area contributed by atoms with Gasteiger partial charge in [0.25, 0.3) is 0 Å². The molecule has 0 aromatic carbocycles. The molecule has 6 nitrogen and oxygen atoms in total. The monoisotopic (exact) mass is 287 g/mol. The molecule has 2 aromatic rings. The van der Waals surface area contributed by atoms with E-state index < -0.39 is 0 Å². The van der Waals surface area contributed by atoms with E-state index in [0.717, 1.165) is 56.1 Å². The number of ether oxygens (including phenoxy) is 1. The molecule has 0 amide bonds. The van der Waals surface area contributed by atoms with E-state index in [0.29, 0.717) is 12.1 Å². The van der Waals surface area contributed by atoms with Crippen LogP contribution in [0.2, 0.25) is 0 Å². The molecule has 21 heavy (non-hydrogen) atoms. The summed E-state index contributed by atoms with van der Waals surface area (Å²) in [4.78, 5) is 17.0. The second-order valence-corrected chi connectivity index (χ2v) is 5.79. The van der Waals surface area contributed by atoms with Crippen LogP contribution in [0.3, 0.4) is 0 Å². The van der Waals surface area contributed by atoms with Crippen LogP contribution in [0.25, 0.3) is 11.0 Å². The lowest BCUT2D eigenvalue weighted by molar-refractivity contribution is -0.0280. The number of aromatic amines is 1. The molecule has 0 aliphatic carbocycles. The number of anilines is 1. The fraction of sp³-hybridized carbons (Fsp3) is 0.600. The van der Waals surface area contributed by atoms with E-state index >= 15 is 0 Å². The van der Waals surface area contributed by atoms with Crippen molar-refractivity contribution in [3.63, 3.8) is 0 Å². The van der Waals surface area contributed by atoms with E-state index in [1.165, 1.54) is 0 Å². The second kappa shape index (κ2) is 5.27. The van der Waals surface area contributed by atoms with Crippen LogP contribution in [0, 0.1) is 0 Å². The molecule has 2 atom stereocenters. The van der Waals surface area contributed by atoms with Gasteiger partial charge in [-0.15, -0.1) is 0 Å². The Kier molecular flexibility index (Phi) is 3.27. The number of nitrogens with zero attached hydrogens (tertiary/aromatic N) is 4. The van der Waals surface area contributed by atoms with Crippen LogP contribution in [0.5, 0.6) is 0 Å². The first kappa shape index (κ1) is 13.0. The Bertz CT molecular complexity index is 627. The van der Waals surface area contributed by atoms with Gasteiger partial charge in [-0.1, -0.05) is 6.92 Å². The predicted octanol–water partition coefficient (Wildman–Crippen LogP) is 1.26. The lowest BCUT2D eigenvalue weighted by Gasteiger charge is -2.47. The number of fused-ring (bicyclic) bond motifs is 2. The third-order valence-electron chi connectivity index (χ3n) is 4.72. The van der Waals surface area contributed by atoms with E-state index in [1.54, 1.807) is 6.33 Å². The fourth-order valence-electron chi connectivity index (χ4n) is 3.58. The summed E-state index contributed by atoms with van der Waals surface area (Å²) in [5, 5.41) is 1.10. The summed E-state index contributed by atoms with van der Waals surface area (Å²) in [5.74, 6) is 1.04. The summed E-state index contributed by atoms with van der Waals surface area (Å²) in [7, 11) is 0. The van der Waals surface area contributed by atoms with E-state index in [4.69, 9.17) is 4.74 Å². The summed E-state index contributed by atoms with van der Waals surface area (Å²) in [6.45, 7) is 7.19. The quantitative estimate of drug-likeness (QED) is 0.901. The van der Waals surface area contributed by atoms with E-state index in [-0.39, 0.29) is 0 Å². The maximum absolute atomic E-state index is 6.00. The molecule has 0 unspecified atom stereocenters. The molecule has 0 spiro atoms. The van der Waals surface area contributed by atoms with Gasteiger partial charge in [-0.25, -0.2) is 9.97 Å². The average molecular weight is 287 g/mol. The Morgan fingerprint density at radius 1 is 1.38 bits per heavy atom. The molecule has 0 saturated carbocycles. The number of likely N-dealkylation sites (tertiary alicyclic amines) is 1. The van der Waals surface area contributed by atoms with Gasteiger partial charge in [0.1, 0.15) is 17.8 Å². The molecule has 6 heteroatoms. The molecule has 2 aliphatic rings. The average Bonchev–Trinajstić information content (AvgIpc) is 3.02. The normalized spacial score (nSPS) is 27.0. The first-order chi connectivity index (χ1) is 10.4. The smallest absolute Gasteiger partial charge is 0.142 e. The molecule has 0 bridgehead atoms. The van der Waals surface area contributed by atoms with Crippen molar-refractivity contribution in [2.45, 2.75) is 25.5 Å². The summed E-state index contributed by atoms with van der Waals surface area (Å²) >= 11 is 0. The molecular formula is C15H21N5O. The van der Waals surface area contributed by atoms with Gasteiger partial charge in [0.05, 0.1) is 24.1 Å². The van der Waals surface area contributed by atoms with Crippen molar-refractivity contribution in [1.82, 2.24) is 19.9 Å². The Labute approximate surface area is 124 Å². The highest BCUT2D eigenvalue weighted by Crippen LogP contribution is 2.30. The van der Waals surface area contributed by atoms with Gasteiger partial charge in [0.2, 0.25) is 0 Å². The molecule has 4 heterocycles. The van der Waals surface area contributed by atoms with Gasteiger partial charge in [-0.05, 0) is 19.0 Å². The highest BCUT2D eigenvalue weighted by atomic mass is 16.5. The Morgan fingerprint density at radius 2 is 2.33 bits per heavy atom. The zero-order chi connectivity index (χ0) is 14.2. The minimum absolute atomic E-state index is 0.325. The number of nitrogens with one attached hydrogen (secondary N) is 1. The topological polar surface area (TPSA) is 57.3 Å². The predicted molar refractivity (Wildman–Crippen MR) is 81.5 cm³/mol. The standard InChI is InChI=1S/C15H21N5O/c1-2-19-6-4-13-12(9-19)20(7-8-21-13)15-11-3-5-16-14(11)17-10-18-15/h3,5,10,12-13H,2,4,6-9H2,1H3,(H,16,17,18)/t12-,13+/m0/s1. The van der Waals surface area contributed by atoms with Crippen LogP contribution in [-0.2, 0) is 4.74 Å². The largest absolute Gasteiger partial charge is 0.374 e. The molecule has 2 aromatic heterocycles. The maximum Gasteiger partial charge on any atom is 0.142 e. The SMILES string of the molecule is CCN1CC[C@H]2OCCN(c3ncnc4[nH]ccc34)[C@H]2C1. The Morgan fingerprint density at radius 3 is 3.24 bits per heavy atom. The Balaban J connectivity index is 1.70. The van der Waals surface area contributed by atoms with Crippen LogP contribution < -0.4 is 4.90 Å². The van der Waals surface area contributed by atoms with Crippen molar-refractivity contribution in [3.05, 3.63) is 18.6 Å². The first-order valence-electron chi connectivity index (χ1n) is 7.75. The molecule has 2 aliphatic heterocycles. The molecule has 2 saturated heterocycles. The number of piperidine rings is 1. The van der Waals surface area contributed by atoms with E-state index in [1.807, 2.05) is 6.20 Å². The zero-order valence-corrected chi connectivity index (χ0v) is 12.3. The minimum atomic E-state index is 0.325. The molecular weight excluding hydrogens is 266 g/mol. The first-order valence-corrected chi connectivity index (χ1v) is 7.75. The van der Waals surface area contributed by atoms with Crippen molar-refractivity contribution in [1.29, 1.82) is 0 Å². The van der Waals surface area contributed by atoms with Crippen LogP contribution in [-0.4, -0.2) is 64.8 Å². The lowest BCUT2D eigenvalue weighted by atomic mass is 9.98. The van der Waals surface area contributed by atoms with Gasteiger partial charge < -0.3 is 19.5 Å². The molecule has 0 radical (unpaired) electrons. The molecule has 112 valence electrons. The van der Waals surface area contributed by atoms with Gasteiger partial charge in [0, 0.05) is 25.8 Å². The van der Waals surface area contributed by atoms with Crippen molar-refractivity contribution < 1.29 is 4.74 Å². The van der Waals surface area contributed by atoms with Crippen molar-refractivity contribution in [2.75, 3.05) is 37.7 Å². The second-order valence-electron chi connectivity index (χ2n) is 5.79. The third-order valence-corrected chi connectivity index (χ3v) is 4.72. The van der Waals surface area contributed by atoms with Gasteiger partial charge in [0.15, 0.2) is 0 Å². The number of morpholine rings is 1. The molecule has 2 fully saturated rings. The number of likely N-dealkylation sites (N-methyl/N-ethyl adjacent to an activating group) is 1. The highest BCUT2D eigenvalue weighted by Gasteiger charge is 2.37. The third kappa shape index (κ3) is 2.18. The number of aromatic nitrogens is 3. The molecule has 1 N–H and O–H groups in total. The van der Waals surface area contributed by atoms with Crippen LogP contribution in [0.15, 0.2) is 18.6 Å². The number of H-pyrrole nitrogens is 1. The Hall–Kier alpha value is -1.66. The van der Waals surface area contributed by atoms with Gasteiger partial charge in [-0.3, -0.25) is 0 Å². The number of rotatable bonds is 2. The van der Waals surface area contributed by atoms with Gasteiger partial charge in [-0.2, -0.15) is 0 Å². The summed E-state index contributed by atoms with van der Waals surface area (Å²) in [5.41, 5.74) is 0.909. The van der Waals surface area contributed by atoms with Crippen LogP contribution in [0.4, 0.5) is 5.82 Å². The lowest BCUT2D eigenvalue weighted by Crippen LogP contribution is -2.60. The van der Waals surface area contributed by atoms with E-state index in [9.17, 15) is 0 Å². The molecule has 4 rings (SSSR count). The summed E-state index contributed by atoms with van der Waals surface area (Å²) in [6, 6.07) is 2.45. The van der Waals surface area contributed by atoms with Crippen molar-refractivity contribution >= 4 is 16.9 Å². The zero-order valence-electron chi connectivity index (χ0n) is 12.3. The van der Waals surface area contributed by atoms with Crippen LogP contribution in [0.1, 0.15) is 13.3 Å². The number of hydrogen-bond donors (Lipinski definition) is 1. The highest BCUT2D eigenvalue weighted by molar-refractivity contribution is 5.87. The van der Waals surface area contributed by atoms with E-state index in [2.05, 4.69) is 37.7 Å². The minimum Gasteiger partial charge on any atom is -0.374 e. The summed E-state index contributed by atoms with van der Waals surface area (Å²) < 4.78 is 6.00. The van der Waals surface area contributed by atoms with Crippen molar-refractivity contribution in [3.8, 4) is 0 Å². The van der Waals surface area contributed by atoms with Crippen LogP contribution >= 0.6 is 0 Å².